The maximum atomic E-state index is 6.22. The molecule has 2 aromatic carbocycles. The van der Waals surface area contributed by atoms with E-state index in [4.69, 9.17) is 35.9 Å². The van der Waals surface area contributed by atoms with Gasteiger partial charge < -0.3 is 34.3 Å². The van der Waals surface area contributed by atoms with E-state index in [1.807, 2.05) is 45.9 Å². The Labute approximate surface area is 187 Å². The number of nitrogens with one attached hydrogen (secondary N) is 2. The highest BCUT2D eigenvalue weighted by molar-refractivity contribution is 7.80. The Morgan fingerprint density at radius 3 is 2.45 bits per heavy atom. The average molecular weight is 445 g/mol. The summed E-state index contributed by atoms with van der Waals surface area (Å²) in [5.74, 6) is -1.37. The van der Waals surface area contributed by atoms with Crippen molar-refractivity contribution in [2.24, 2.45) is 0 Å². The lowest BCUT2D eigenvalue weighted by Crippen LogP contribution is -2.53. The molecule has 5 rings (SSSR count). The minimum atomic E-state index is -0.722. The zero-order valence-electron chi connectivity index (χ0n) is 18.1. The highest BCUT2D eigenvalue weighted by atomic mass is 32.1. The quantitative estimate of drug-likeness (QED) is 0.697. The van der Waals surface area contributed by atoms with Gasteiger partial charge in [0.15, 0.2) is 23.0 Å². The van der Waals surface area contributed by atoms with Gasteiger partial charge in [0.2, 0.25) is 0 Å². The molecule has 3 saturated heterocycles. The first-order valence-corrected chi connectivity index (χ1v) is 11.0. The van der Waals surface area contributed by atoms with Gasteiger partial charge in [0, 0.05) is 5.69 Å². The van der Waals surface area contributed by atoms with E-state index in [0.717, 1.165) is 11.1 Å². The van der Waals surface area contributed by atoms with Crippen molar-refractivity contribution in [3.63, 3.8) is 0 Å². The van der Waals surface area contributed by atoms with Crippen molar-refractivity contribution in [1.82, 2.24) is 5.32 Å². The van der Waals surface area contributed by atoms with E-state index in [2.05, 4.69) is 34.9 Å². The van der Waals surface area contributed by atoms with E-state index < -0.39 is 17.9 Å². The normalized spacial score (nSPS) is 33.4. The third kappa shape index (κ3) is 4.28. The van der Waals surface area contributed by atoms with Crippen molar-refractivity contribution in [1.29, 1.82) is 0 Å². The molecule has 0 amide bonds. The third-order valence-electron chi connectivity index (χ3n) is 5.79. The topological polar surface area (TPSA) is 70.2 Å². The van der Waals surface area contributed by atoms with Crippen LogP contribution in [0.4, 0.5) is 5.69 Å². The molecule has 3 aliphatic rings. The molecule has 0 spiro atoms. The maximum absolute atomic E-state index is 6.22. The molecule has 0 saturated carbocycles. The van der Waals surface area contributed by atoms with E-state index >= 15 is 0 Å². The van der Waals surface area contributed by atoms with Crippen LogP contribution in [0.2, 0.25) is 0 Å². The first-order chi connectivity index (χ1) is 14.7. The first-order valence-electron chi connectivity index (χ1n) is 10.6. The molecule has 0 radical (unpaired) electrons. The zero-order valence-corrected chi connectivity index (χ0v) is 18.9. The lowest BCUT2D eigenvalue weighted by Gasteiger charge is -2.30. The zero-order chi connectivity index (χ0) is 21.8. The fourth-order valence-corrected chi connectivity index (χ4v) is 4.73. The molecule has 2 aromatic rings. The summed E-state index contributed by atoms with van der Waals surface area (Å²) in [6, 6.07) is 14.1. The standard InChI is InChI=1S/C23H28N2O5S/c1-22(2)26-12-16(28-22)18-17(19-20(27-18)30-23(3,4)29-19)25-21(31)24-15-10-9-13-7-5-6-8-14(13)11-15/h5-11,16-20H,12H2,1-4H3,(H2,24,25,31)/t16?,17-,18-,19-,20-/m1/s1. The highest BCUT2D eigenvalue weighted by Gasteiger charge is 2.58. The predicted molar refractivity (Wildman–Crippen MR) is 121 cm³/mol. The maximum Gasteiger partial charge on any atom is 0.189 e. The number of anilines is 1. The summed E-state index contributed by atoms with van der Waals surface area (Å²) >= 11 is 5.64. The van der Waals surface area contributed by atoms with E-state index in [9.17, 15) is 0 Å². The molecule has 3 fully saturated rings. The number of ether oxygens (including phenoxy) is 5. The summed E-state index contributed by atoms with van der Waals surface area (Å²) in [6.45, 7) is 7.99. The van der Waals surface area contributed by atoms with Crippen LogP contribution in [0, 0.1) is 0 Å². The van der Waals surface area contributed by atoms with Crippen LogP contribution < -0.4 is 10.6 Å². The van der Waals surface area contributed by atoms with Crippen molar-refractivity contribution < 1.29 is 23.7 Å². The molecular formula is C23H28N2O5S. The molecular weight excluding hydrogens is 416 g/mol. The smallest absolute Gasteiger partial charge is 0.189 e. The molecule has 0 bridgehead atoms. The Morgan fingerprint density at radius 2 is 1.71 bits per heavy atom. The van der Waals surface area contributed by atoms with Crippen LogP contribution in [-0.2, 0) is 23.7 Å². The molecule has 8 heteroatoms. The van der Waals surface area contributed by atoms with Crippen LogP contribution in [0.5, 0.6) is 0 Å². The third-order valence-corrected chi connectivity index (χ3v) is 6.01. The second-order valence-electron chi connectivity index (χ2n) is 9.12. The molecule has 1 unspecified atom stereocenters. The average Bonchev–Trinajstić information content (AvgIpc) is 3.31. The molecule has 0 aliphatic carbocycles. The molecule has 7 nitrogen and oxygen atoms in total. The second-order valence-corrected chi connectivity index (χ2v) is 9.53. The lowest BCUT2D eigenvalue weighted by molar-refractivity contribution is -0.223. The van der Waals surface area contributed by atoms with Crippen LogP contribution in [0.1, 0.15) is 27.7 Å². The fraction of sp³-hybridized carbons (Fsp3) is 0.522. The number of thiocarbonyl (C=S) groups is 1. The van der Waals surface area contributed by atoms with Gasteiger partial charge in [-0.2, -0.15) is 0 Å². The summed E-state index contributed by atoms with van der Waals surface area (Å²) in [5, 5.41) is 9.49. The summed E-state index contributed by atoms with van der Waals surface area (Å²) in [5.41, 5.74) is 0.911. The molecule has 166 valence electrons. The Balaban J connectivity index is 1.32. The molecule has 2 N–H and O–H groups in total. The first kappa shape index (κ1) is 21.1. The number of rotatable bonds is 3. The summed E-state index contributed by atoms with van der Waals surface area (Å²) in [4.78, 5) is 0. The van der Waals surface area contributed by atoms with Crippen LogP contribution in [0.3, 0.4) is 0 Å². The van der Waals surface area contributed by atoms with Gasteiger partial charge in [-0.05, 0) is 62.8 Å². The van der Waals surface area contributed by atoms with E-state index in [1.165, 1.54) is 5.39 Å². The van der Waals surface area contributed by atoms with E-state index in [1.54, 1.807) is 0 Å². The van der Waals surface area contributed by atoms with Gasteiger partial charge in [-0.3, -0.25) is 0 Å². The van der Waals surface area contributed by atoms with Gasteiger partial charge in [0.1, 0.15) is 18.3 Å². The molecule has 5 atom stereocenters. The second kappa shape index (κ2) is 7.65. The Hall–Kier alpha value is -1.81. The SMILES string of the molecule is CC1(C)OCC([C@H]2O[C@@H]3OC(C)(C)O[C@@H]3[C@@H]2NC(=S)Nc2ccc3ccccc3c2)O1. The Morgan fingerprint density at radius 1 is 0.935 bits per heavy atom. The van der Waals surface area contributed by atoms with Crippen LogP contribution in [0.25, 0.3) is 10.8 Å². The summed E-state index contributed by atoms with van der Waals surface area (Å²) in [6.07, 6.45) is -1.39. The van der Waals surface area contributed by atoms with Crippen molar-refractivity contribution in [2.45, 2.75) is 69.9 Å². The van der Waals surface area contributed by atoms with Gasteiger partial charge in [-0.1, -0.05) is 30.3 Å². The summed E-state index contributed by atoms with van der Waals surface area (Å²) in [7, 11) is 0. The van der Waals surface area contributed by atoms with Crippen molar-refractivity contribution in [3.8, 4) is 0 Å². The lowest BCUT2D eigenvalue weighted by atomic mass is 10.0. The number of benzene rings is 2. The number of fused-ring (bicyclic) bond motifs is 2. The summed E-state index contributed by atoms with van der Waals surface area (Å²) < 4.78 is 30.1. The number of hydrogen-bond donors (Lipinski definition) is 2. The predicted octanol–water partition coefficient (Wildman–Crippen LogP) is 3.52. The monoisotopic (exact) mass is 444 g/mol. The molecule has 3 heterocycles. The molecule has 0 aromatic heterocycles. The number of hydrogen-bond acceptors (Lipinski definition) is 6. The minimum absolute atomic E-state index is 0.253. The van der Waals surface area contributed by atoms with Gasteiger partial charge >= 0.3 is 0 Å². The minimum Gasteiger partial charge on any atom is -0.354 e. The van der Waals surface area contributed by atoms with Gasteiger partial charge in [0.05, 0.1) is 12.6 Å². The van der Waals surface area contributed by atoms with Gasteiger partial charge in [-0.15, -0.1) is 0 Å². The fourth-order valence-electron chi connectivity index (χ4n) is 4.48. The Bertz CT molecular complexity index is 997. The van der Waals surface area contributed by atoms with E-state index in [-0.39, 0.29) is 24.4 Å². The van der Waals surface area contributed by atoms with Crippen molar-refractivity contribution in [2.75, 3.05) is 11.9 Å². The van der Waals surface area contributed by atoms with Gasteiger partial charge in [-0.25, -0.2) is 0 Å². The van der Waals surface area contributed by atoms with Crippen LogP contribution in [-0.4, -0.2) is 53.9 Å². The highest BCUT2D eigenvalue weighted by Crippen LogP contribution is 2.40. The van der Waals surface area contributed by atoms with Crippen LogP contribution in [0.15, 0.2) is 42.5 Å². The molecule has 3 aliphatic heterocycles. The van der Waals surface area contributed by atoms with Gasteiger partial charge in [0.25, 0.3) is 0 Å². The van der Waals surface area contributed by atoms with Crippen molar-refractivity contribution in [3.05, 3.63) is 42.5 Å². The van der Waals surface area contributed by atoms with E-state index in [0.29, 0.717) is 11.7 Å². The Kier molecular flexibility index (Phi) is 5.20. The van der Waals surface area contributed by atoms with Crippen molar-refractivity contribution >= 4 is 33.8 Å². The molecule has 31 heavy (non-hydrogen) atoms. The van der Waals surface area contributed by atoms with Crippen LogP contribution >= 0.6 is 12.2 Å². The largest absolute Gasteiger partial charge is 0.354 e.